The average molecular weight is 356 g/mol. The molecule has 0 saturated heterocycles. The van der Waals surface area contributed by atoms with Crippen LogP contribution in [-0.2, 0) is 18.3 Å². The average Bonchev–Trinajstić information content (AvgIpc) is 2.86. The molecule has 0 aliphatic carbocycles. The molecule has 0 aliphatic heterocycles. The van der Waals surface area contributed by atoms with Crippen LogP contribution in [0.4, 0.5) is 0 Å². The molecule has 0 amide bonds. The number of nitrogens with one attached hydrogen (secondary N) is 1. The van der Waals surface area contributed by atoms with Crippen molar-refractivity contribution in [2.75, 3.05) is 20.3 Å². The Morgan fingerprint density at radius 3 is 2.48 bits per heavy atom. The van der Waals surface area contributed by atoms with Gasteiger partial charge >= 0.3 is 0 Å². The fourth-order valence-electron chi connectivity index (χ4n) is 2.38. The van der Waals surface area contributed by atoms with Crippen LogP contribution in [0.5, 0.6) is 0 Å². The third-order valence-electron chi connectivity index (χ3n) is 3.50. The minimum absolute atomic E-state index is 0.695. The van der Waals surface area contributed by atoms with E-state index in [1.807, 2.05) is 30.3 Å². The zero-order valence-electron chi connectivity index (χ0n) is 13.2. The summed E-state index contributed by atoms with van der Waals surface area (Å²) in [7, 11) is 3.65. The van der Waals surface area contributed by atoms with Crippen LogP contribution < -0.4 is 5.32 Å². The van der Waals surface area contributed by atoms with Crippen LogP contribution in [0.1, 0.15) is 22.6 Å². The second kappa shape index (κ2) is 6.72. The molecular weight excluding hydrogens is 334 g/mol. The van der Waals surface area contributed by atoms with E-state index in [4.69, 9.17) is 4.74 Å². The van der Waals surface area contributed by atoms with Gasteiger partial charge in [-0.1, -0.05) is 0 Å². The van der Waals surface area contributed by atoms with Crippen LogP contribution in [0.2, 0.25) is 0 Å². The summed E-state index contributed by atoms with van der Waals surface area (Å²) in [4.78, 5) is 0. The van der Waals surface area contributed by atoms with Crippen LogP contribution in [0.15, 0.2) is 4.47 Å². The molecule has 6 nitrogen and oxygen atoms in total. The van der Waals surface area contributed by atoms with Crippen molar-refractivity contribution in [3.05, 3.63) is 27.1 Å². The SMILES string of the molecule is COCCNCc1c(C)nn(C)c1-n1nc(C)c(Br)c1C. The number of hydrogen-bond donors (Lipinski definition) is 1. The Kier molecular flexibility index (Phi) is 5.18. The largest absolute Gasteiger partial charge is 0.383 e. The third-order valence-corrected chi connectivity index (χ3v) is 4.65. The number of hydrogen-bond acceptors (Lipinski definition) is 4. The molecular formula is C14H22BrN5O. The van der Waals surface area contributed by atoms with E-state index in [0.29, 0.717) is 6.61 Å². The van der Waals surface area contributed by atoms with E-state index in [-0.39, 0.29) is 0 Å². The Balaban J connectivity index is 2.36. The van der Waals surface area contributed by atoms with Gasteiger partial charge in [0.15, 0.2) is 5.82 Å². The van der Waals surface area contributed by atoms with E-state index in [1.54, 1.807) is 7.11 Å². The van der Waals surface area contributed by atoms with Crippen LogP contribution in [0.25, 0.3) is 5.82 Å². The van der Waals surface area contributed by atoms with Crippen molar-refractivity contribution in [2.24, 2.45) is 7.05 Å². The van der Waals surface area contributed by atoms with E-state index in [9.17, 15) is 0 Å². The molecule has 2 rings (SSSR count). The Morgan fingerprint density at radius 2 is 1.90 bits per heavy atom. The van der Waals surface area contributed by atoms with Gasteiger partial charge in [0.2, 0.25) is 0 Å². The molecule has 1 N–H and O–H groups in total. The fraction of sp³-hybridized carbons (Fsp3) is 0.571. The number of aryl methyl sites for hydroxylation is 3. The monoisotopic (exact) mass is 355 g/mol. The summed E-state index contributed by atoms with van der Waals surface area (Å²) in [5, 5.41) is 12.5. The predicted octanol–water partition coefficient (Wildman–Crippen LogP) is 2.03. The molecule has 7 heteroatoms. The minimum atomic E-state index is 0.695. The molecule has 0 atom stereocenters. The Hall–Kier alpha value is -1.18. The van der Waals surface area contributed by atoms with Gasteiger partial charge in [0.05, 0.1) is 28.2 Å². The molecule has 2 aromatic rings. The summed E-state index contributed by atoms with van der Waals surface area (Å²) in [5.41, 5.74) is 4.23. The Bertz CT molecular complexity index is 632. The maximum absolute atomic E-state index is 5.06. The van der Waals surface area contributed by atoms with Crippen molar-refractivity contribution in [3.63, 3.8) is 0 Å². The molecule has 0 unspecified atom stereocenters. The first-order valence-corrected chi connectivity index (χ1v) is 7.70. The first-order chi connectivity index (χ1) is 9.97. The van der Waals surface area contributed by atoms with Gasteiger partial charge in [-0.3, -0.25) is 4.68 Å². The predicted molar refractivity (Wildman–Crippen MR) is 85.8 cm³/mol. The lowest BCUT2D eigenvalue weighted by Crippen LogP contribution is -2.20. The highest BCUT2D eigenvalue weighted by molar-refractivity contribution is 9.10. The Morgan fingerprint density at radius 1 is 1.19 bits per heavy atom. The number of ether oxygens (including phenoxy) is 1. The highest BCUT2D eigenvalue weighted by Gasteiger charge is 2.19. The van der Waals surface area contributed by atoms with E-state index >= 15 is 0 Å². The molecule has 116 valence electrons. The van der Waals surface area contributed by atoms with Crippen molar-refractivity contribution in [2.45, 2.75) is 27.3 Å². The van der Waals surface area contributed by atoms with Gasteiger partial charge in [0.25, 0.3) is 0 Å². The first kappa shape index (κ1) is 16.2. The lowest BCUT2D eigenvalue weighted by molar-refractivity contribution is 0.199. The molecule has 2 aromatic heterocycles. The van der Waals surface area contributed by atoms with Crippen LogP contribution in [0.3, 0.4) is 0 Å². The number of rotatable bonds is 6. The molecule has 0 fully saturated rings. The molecule has 0 spiro atoms. The quantitative estimate of drug-likeness (QED) is 0.805. The topological polar surface area (TPSA) is 56.9 Å². The highest BCUT2D eigenvalue weighted by atomic mass is 79.9. The van der Waals surface area contributed by atoms with Gasteiger partial charge in [0.1, 0.15) is 0 Å². The smallest absolute Gasteiger partial charge is 0.156 e. The normalized spacial score (nSPS) is 11.3. The first-order valence-electron chi connectivity index (χ1n) is 6.91. The van der Waals surface area contributed by atoms with E-state index in [2.05, 4.69) is 38.4 Å². The molecule has 0 aliphatic rings. The summed E-state index contributed by atoms with van der Waals surface area (Å²) in [5.74, 6) is 1.00. The zero-order chi connectivity index (χ0) is 15.6. The summed E-state index contributed by atoms with van der Waals surface area (Å²) in [6, 6.07) is 0. The number of nitrogens with zero attached hydrogens (tertiary/aromatic N) is 4. The van der Waals surface area contributed by atoms with Crippen LogP contribution in [0, 0.1) is 20.8 Å². The van der Waals surface area contributed by atoms with E-state index in [0.717, 1.165) is 46.0 Å². The maximum Gasteiger partial charge on any atom is 0.156 e. The summed E-state index contributed by atoms with van der Waals surface area (Å²) in [6.45, 7) is 8.32. The summed E-state index contributed by atoms with van der Waals surface area (Å²) >= 11 is 3.58. The second-order valence-electron chi connectivity index (χ2n) is 5.08. The van der Waals surface area contributed by atoms with Gasteiger partial charge in [-0.15, -0.1) is 0 Å². The molecule has 0 aromatic carbocycles. The van der Waals surface area contributed by atoms with E-state index < -0.39 is 0 Å². The Labute approximate surface area is 133 Å². The van der Waals surface area contributed by atoms with Gasteiger partial charge in [0, 0.05) is 32.8 Å². The van der Waals surface area contributed by atoms with Crippen molar-refractivity contribution in [1.82, 2.24) is 24.9 Å². The molecule has 0 radical (unpaired) electrons. The fourth-order valence-corrected chi connectivity index (χ4v) is 2.63. The zero-order valence-corrected chi connectivity index (χ0v) is 14.8. The number of halogens is 1. The standard InChI is InChI=1S/C14H22BrN5O/c1-9-12(8-16-6-7-21-5)14(19(4)17-9)20-11(3)13(15)10(2)18-20/h16H,6-8H2,1-5H3. The van der Waals surface area contributed by atoms with Gasteiger partial charge in [-0.25, -0.2) is 4.68 Å². The van der Waals surface area contributed by atoms with Gasteiger partial charge < -0.3 is 10.1 Å². The van der Waals surface area contributed by atoms with Crippen molar-refractivity contribution >= 4 is 15.9 Å². The summed E-state index contributed by atoms with van der Waals surface area (Å²) < 4.78 is 9.94. The number of aromatic nitrogens is 4. The molecule has 0 bridgehead atoms. The summed E-state index contributed by atoms with van der Waals surface area (Å²) in [6.07, 6.45) is 0. The number of methoxy groups -OCH3 is 1. The highest BCUT2D eigenvalue weighted by Crippen LogP contribution is 2.25. The van der Waals surface area contributed by atoms with E-state index in [1.165, 1.54) is 0 Å². The molecule has 0 saturated carbocycles. The second-order valence-corrected chi connectivity index (χ2v) is 5.87. The van der Waals surface area contributed by atoms with Crippen molar-refractivity contribution in [1.29, 1.82) is 0 Å². The molecule has 21 heavy (non-hydrogen) atoms. The third kappa shape index (κ3) is 3.20. The lowest BCUT2D eigenvalue weighted by Gasteiger charge is -2.10. The van der Waals surface area contributed by atoms with Crippen LogP contribution >= 0.6 is 15.9 Å². The van der Waals surface area contributed by atoms with Crippen molar-refractivity contribution < 1.29 is 4.74 Å². The lowest BCUT2D eigenvalue weighted by atomic mass is 10.2. The van der Waals surface area contributed by atoms with Gasteiger partial charge in [-0.2, -0.15) is 10.2 Å². The van der Waals surface area contributed by atoms with Crippen LogP contribution in [-0.4, -0.2) is 39.8 Å². The minimum Gasteiger partial charge on any atom is -0.383 e. The van der Waals surface area contributed by atoms with Crippen molar-refractivity contribution in [3.8, 4) is 5.82 Å². The maximum atomic E-state index is 5.06. The molecule has 2 heterocycles. The van der Waals surface area contributed by atoms with Gasteiger partial charge in [-0.05, 0) is 36.7 Å².